The molecule has 1 atom stereocenters. The molecule has 0 aliphatic carbocycles. The summed E-state index contributed by atoms with van der Waals surface area (Å²) in [6.07, 6.45) is 2.60. The van der Waals surface area contributed by atoms with Crippen LogP contribution in [-0.4, -0.2) is 86.4 Å². The van der Waals surface area contributed by atoms with Crippen molar-refractivity contribution in [3.8, 4) is 0 Å². The van der Waals surface area contributed by atoms with Crippen molar-refractivity contribution in [1.29, 1.82) is 0 Å². The Labute approximate surface area is 186 Å². The molecule has 2 fully saturated rings. The normalized spacial score (nSPS) is 22.0. The van der Waals surface area contributed by atoms with E-state index in [1.54, 1.807) is 10.4 Å². The van der Waals surface area contributed by atoms with Crippen LogP contribution in [0.2, 0.25) is 0 Å². The highest BCUT2D eigenvalue weighted by Crippen LogP contribution is 2.23. The third-order valence-electron chi connectivity index (χ3n) is 6.45. The Bertz CT molecular complexity index is 944. The number of hydrogen-bond acceptors (Lipinski definition) is 6. The standard InChI is InChI=1S/C23H33N5O2S/c1-3-21-19-27(14-13-26(21)18-20-7-5-4-6-8-20)23-10-9-22(17-24-23)31(29,30)28-15-11-25(2)12-16-28/h4-10,17,21H,3,11-16,18-19H2,1-2H3. The highest BCUT2D eigenvalue weighted by Gasteiger charge is 2.29. The van der Waals surface area contributed by atoms with Gasteiger partial charge in [-0.1, -0.05) is 37.3 Å². The van der Waals surface area contributed by atoms with Crippen molar-refractivity contribution in [1.82, 2.24) is 19.1 Å². The van der Waals surface area contributed by atoms with Crippen LogP contribution in [0, 0.1) is 0 Å². The van der Waals surface area contributed by atoms with Crippen LogP contribution in [0.15, 0.2) is 53.6 Å². The first-order valence-corrected chi connectivity index (χ1v) is 12.6. The van der Waals surface area contributed by atoms with E-state index < -0.39 is 10.0 Å². The molecule has 8 heteroatoms. The van der Waals surface area contributed by atoms with Crippen molar-refractivity contribution in [3.63, 3.8) is 0 Å². The van der Waals surface area contributed by atoms with Crippen molar-refractivity contribution < 1.29 is 8.42 Å². The Morgan fingerprint density at radius 1 is 0.968 bits per heavy atom. The van der Waals surface area contributed by atoms with Crippen molar-refractivity contribution in [2.75, 3.05) is 57.8 Å². The topological polar surface area (TPSA) is 60.0 Å². The van der Waals surface area contributed by atoms with E-state index in [4.69, 9.17) is 0 Å². The van der Waals surface area contributed by atoms with Crippen molar-refractivity contribution in [3.05, 3.63) is 54.2 Å². The van der Waals surface area contributed by atoms with Crippen molar-refractivity contribution in [2.45, 2.75) is 30.8 Å². The maximum absolute atomic E-state index is 12.9. The molecule has 0 spiro atoms. The molecule has 1 aromatic carbocycles. The summed E-state index contributed by atoms with van der Waals surface area (Å²) < 4.78 is 27.5. The number of hydrogen-bond donors (Lipinski definition) is 0. The van der Waals surface area contributed by atoms with Gasteiger partial charge in [-0.3, -0.25) is 4.90 Å². The molecule has 0 amide bonds. The quantitative estimate of drug-likeness (QED) is 0.682. The summed E-state index contributed by atoms with van der Waals surface area (Å²) >= 11 is 0. The van der Waals surface area contributed by atoms with Gasteiger partial charge in [0.15, 0.2) is 0 Å². The molecule has 168 valence electrons. The minimum Gasteiger partial charge on any atom is -0.354 e. The number of benzene rings is 1. The number of sulfonamides is 1. The van der Waals surface area contributed by atoms with Crippen LogP contribution in [0.4, 0.5) is 5.82 Å². The molecule has 1 aromatic heterocycles. The third kappa shape index (κ3) is 5.09. The summed E-state index contributed by atoms with van der Waals surface area (Å²) in [6, 6.07) is 14.6. The molecule has 7 nitrogen and oxygen atoms in total. The van der Waals surface area contributed by atoms with Gasteiger partial charge in [-0.15, -0.1) is 0 Å². The molecule has 0 bridgehead atoms. The van der Waals surface area contributed by atoms with E-state index in [1.165, 1.54) is 11.8 Å². The lowest BCUT2D eigenvalue weighted by atomic mass is 10.1. The molecule has 1 unspecified atom stereocenters. The SMILES string of the molecule is CCC1CN(c2ccc(S(=O)(=O)N3CCN(C)CC3)cn2)CCN1Cc1ccccc1. The number of likely N-dealkylation sites (N-methyl/N-ethyl adjacent to an activating group) is 1. The van der Waals surface area contributed by atoms with Gasteiger partial charge in [-0.05, 0) is 31.2 Å². The van der Waals surface area contributed by atoms with Crippen LogP contribution < -0.4 is 4.90 Å². The van der Waals surface area contributed by atoms with Gasteiger partial charge in [0.05, 0.1) is 0 Å². The van der Waals surface area contributed by atoms with Gasteiger partial charge in [0.1, 0.15) is 10.7 Å². The molecule has 2 aliphatic rings. The summed E-state index contributed by atoms with van der Waals surface area (Å²) in [6.45, 7) is 8.53. The smallest absolute Gasteiger partial charge is 0.244 e. The maximum atomic E-state index is 12.9. The largest absolute Gasteiger partial charge is 0.354 e. The lowest BCUT2D eigenvalue weighted by molar-refractivity contribution is 0.163. The average molecular weight is 444 g/mol. The van der Waals surface area contributed by atoms with Crippen LogP contribution in [0.3, 0.4) is 0 Å². The molecule has 0 saturated carbocycles. The van der Waals surface area contributed by atoms with E-state index in [9.17, 15) is 8.42 Å². The number of rotatable bonds is 6. The second kappa shape index (κ2) is 9.65. The van der Waals surface area contributed by atoms with Gasteiger partial charge in [0.2, 0.25) is 10.0 Å². The Balaban J connectivity index is 1.41. The Morgan fingerprint density at radius 3 is 2.35 bits per heavy atom. The van der Waals surface area contributed by atoms with Crippen LogP contribution in [0.25, 0.3) is 0 Å². The van der Waals surface area contributed by atoms with Crippen LogP contribution in [0.1, 0.15) is 18.9 Å². The number of nitrogens with zero attached hydrogens (tertiary/aromatic N) is 5. The van der Waals surface area contributed by atoms with E-state index in [-0.39, 0.29) is 4.90 Å². The van der Waals surface area contributed by atoms with E-state index in [1.807, 2.05) is 13.1 Å². The van der Waals surface area contributed by atoms with Gasteiger partial charge in [-0.25, -0.2) is 13.4 Å². The fourth-order valence-electron chi connectivity index (χ4n) is 4.40. The van der Waals surface area contributed by atoms with Crippen LogP contribution >= 0.6 is 0 Å². The summed E-state index contributed by atoms with van der Waals surface area (Å²) in [4.78, 5) is 11.8. The molecule has 2 aromatic rings. The molecule has 4 rings (SSSR count). The third-order valence-corrected chi connectivity index (χ3v) is 8.33. The van der Waals surface area contributed by atoms with Crippen LogP contribution in [0.5, 0.6) is 0 Å². The fourth-order valence-corrected chi connectivity index (χ4v) is 5.77. The fraction of sp³-hybridized carbons (Fsp3) is 0.522. The Morgan fingerprint density at radius 2 is 1.71 bits per heavy atom. The number of pyridine rings is 1. The first-order valence-electron chi connectivity index (χ1n) is 11.1. The molecule has 0 radical (unpaired) electrons. The maximum Gasteiger partial charge on any atom is 0.244 e. The summed E-state index contributed by atoms with van der Waals surface area (Å²) in [5.74, 6) is 0.857. The van der Waals surface area contributed by atoms with Gasteiger partial charge in [0.25, 0.3) is 0 Å². The predicted octanol–water partition coefficient (Wildman–Crippen LogP) is 2.12. The van der Waals surface area contributed by atoms with E-state index in [2.05, 4.69) is 56.9 Å². The molecule has 31 heavy (non-hydrogen) atoms. The lowest BCUT2D eigenvalue weighted by Gasteiger charge is -2.41. The van der Waals surface area contributed by atoms with Crippen molar-refractivity contribution >= 4 is 15.8 Å². The first-order chi connectivity index (χ1) is 15.0. The first kappa shape index (κ1) is 22.2. The number of anilines is 1. The molecule has 2 saturated heterocycles. The van der Waals surface area contributed by atoms with E-state index in [0.717, 1.165) is 51.5 Å². The molecular formula is C23H33N5O2S. The molecule has 3 heterocycles. The summed E-state index contributed by atoms with van der Waals surface area (Å²) in [7, 11) is -1.46. The molecule has 0 N–H and O–H groups in total. The summed E-state index contributed by atoms with van der Waals surface area (Å²) in [5, 5.41) is 0. The summed E-state index contributed by atoms with van der Waals surface area (Å²) in [5.41, 5.74) is 1.34. The Kier molecular flexibility index (Phi) is 6.91. The highest BCUT2D eigenvalue weighted by atomic mass is 32.2. The second-order valence-electron chi connectivity index (χ2n) is 8.52. The molecular weight excluding hydrogens is 410 g/mol. The van der Waals surface area contributed by atoms with Gasteiger partial charge < -0.3 is 9.80 Å². The molecule has 2 aliphatic heterocycles. The van der Waals surface area contributed by atoms with Gasteiger partial charge in [-0.2, -0.15) is 4.31 Å². The number of aromatic nitrogens is 1. The lowest BCUT2D eigenvalue weighted by Crippen LogP contribution is -2.52. The number of piperazine rings is 2. The van der Waals surface area contributed by atoms with E-state index >= 15 is 0 Å². The minimum absolute atomic E-state index is 0.288. The zero-order valence-electron chi connectivity index (χ0n) is 18.5. The van der Waals surface area contributed by atoms with Crippen molar-refractivity contribution in [2.24, 2.45) is 0 Å². The Hall–Kier alpha value is -2.00. The van der Waals surface area contributed by atoms with E-state index in [0.29, 0.717) is 19.1 Å². The zero-order chi connectivity index (χ0) is 21.8. The van der Waals surface area contributed by atoms with Gasteiger partial charge >= 0.3 is 0 Å². The predicted molar refractivity (Wildman–Crippen MR) is 124 cm³/mol. The highest BCUT2D eigenvalue weighted by molar-refractivity contribution is 7.89. The zero-order valence-corrected chi connectivity index (χ0v) is 19.3. The second-order valence-corrected chi connectivity index (χ2v) is 10.5. The van der Waals surface area contributed by atoms with Crippen LogP contribution in [-0.2, 0) is 16.6 Å². The monoisotopic (exact) mass is 443 g/mol. The van der Waals surface area contributed by atoms with Gasteiger partial charge in [0, 0.05) is 64.6 Å². The average Bonchev–Trinajstić information content (AvgIpc) is 2.80. The minimum atomic E-state index is -3.47.